The molecule has 0 aliphatic heterocycles. The Morgan fingerprint density at radius 1 is 1.14 bits per heavy atom. The molecule has 0 rings (SSSR count). The van der Waals surface area contributed by atoms with Crippen molar-refractivity contribution in [1.82, 2.24) is 0 Å². The van der Waals surface area contributed by atoms with Gasteiger partial charge in [-0.05, 0) is 13.8 Å². The van der Waals surface area contributed by atoms with Crippen molar-refractivity contribution >= 4 is 13.8 Å². The van der Waals surface area contributed by atoms with E-state index in [1.807, 2.05) is 0 Å². The molecule has 14 heavy (non-hydrogen) atoms. The number of phosphoric acid groups is 1. The Morgan fingerprint density at radius 2 is 1.57 bits per heavy atom. The molecule has 84 valence electrons. The van der Waals surface area contributed by atoms with Crippen LogP contribution in [-0.2, 0) is 27.7 Å². The first-order chi connectivity index (χ1) is 6.31. The van der Waals surface area contributed by atoms with E-state index in [4.69, 9.17) is 4.52 Å². The molecule has 0 aromatic heterocycles. The molecule has 0 saturated carbocycles. The smallest absolute Gasteiger partial charge is 0.467 e. The predicted octanol–water partition coefficient (Wildman–Crippen LogP) is 1.36. The molecule has 0 aliphatic rings. The molecular weight excluding hydrogens is 211 g/mol. The van der Waals surface area contributed by atoms with Crippen molar-refractivity contribution < 1.29 is 27.7 Å². The molecule has 0 aromatic carbocycles. The maximum absolute atomic E-state index is 11.5. The summed E-state index contributed by atoms with van der Waals surface area (Å²) >= 11 is 0. The van der Waals surface area contributed by atoms with Crippen LogP contribution in [0.15, 0.2) is 0 Å². The monoisotopic (exact) mass is 226 g/mol. The average molecular weight is 226 g/mol. The standard InChI is InChI=1S/C7H15O6P/c1-7(2,6(8)10-3)13-14(9,11-4)12-5/h1-5H3. The van der Waals surface area contributed by atoms with Crippen LogP contribution in [0.3, 0.4) is 0 Å². The van der Waals surface area contributed by atoms with Gasteiger partial charge in [-0.25, -0.2) is 9.36 Å². The zero-order chi connectivity index (χ0) is 11.4. The number of esters is 1. The van der Waals surface area contributed by atoms with Gasteiger partial charge in [-0.2, -0.15) is 0 Å². The number of carbonyl (C=O) groups excluding carboxylic acids is 1. The lowest BCUT2D eigenvalue weighted by Gasteiger charge is -2.25. The van der Waals surface area contributed by atoms with Crippen molar-refractivity contribution in [3.8, 4) is 0 Å². The SMILES string of the molecule is COC(=O)C(C)(C)OP(=O)(OC)OC. The highest BCUT2D eigenvalue weighted by atomic mass is 31.2. The molecule has 0 spiro atoms. The summed E-state index contributed by atoms with van der Waals surface area (Å²) in [7, 11) is -0.136. The van der Waals surface area contributed by atoms with Crippen LogP contribution >= 0.6 is 7.82 Å². The molecule has 0 aromatic rings. The molecule has 0 aliphatic carbocycles. The minimum atomic E-state index is -3.67. The van der Waals surface area contributed by atoms with E-state index >= 15 is 0 Å². The second-order valence-electron chi connectivity index (χ2n) is 2.91. The molecule has 0 bridgehead atoms. The Kier molecular flexibility index (Phi) is 4.74. The van der Waals surface area contributed by atoms with Crippen LogP contribution in [0.2, 0.25) is 0 Å². The van der Waals surface area contributed by atoms with Crippen molar-refractivity contribution in [3.05, 3.63) is 0 Å². The van der Waals surface area contributed by atoms with Crippen molar-refractivity contribution in [3.63, 3.8) is 0 Å². The molecule has 0 fully saturated rings. The third-order valence-electron chi connectivity index (χ3n) is 1.46. The number of methoxy groups -OCH3 is 1. The van der Waals surface area contributed by atoms with Gasteiger partial charge >= 0.3 is 13.8 Å². The summed E-state index contributed by atoms with van der Waals surface area (Å²) in [6, 6.07) is 0. The van der Waals surface area contributed by atoms with Crippen LogP contribution in [0.4, 0.5) is 0 Å². The fraction of sp³-hybridized carbons (Fsp3) is 0.857. The minimum absolute atomic E-state index is 0.660. The van der Waals surface area contributed by atoms with Gasteiger partial charge in [-0.1, -0.05) is 0 Å². The average Bonchev–Trinajstić information content (AvgIpc) is 2.15. The number of phosphoric ester groups is 1. The number of hydrogen-bond donors (Lipinski definition) is 0. The second-order valence-corrected chi connectivity index (χ2v) is 4.71. The normalized spacial score (nSPS) is 12.6. The first-order valence-electron chi connectivity index (χ1n) is 3.82. The van der Waals surface area contributed by atoms with Gasteiger partial charge in [-0.3, -0.25) is 13.6 Å². The van der Waals surface area contributed by atoms with Crippen LogP contribution in [0.25, 0.3) is 0 Å². The van der Waals surface area contributed by atoms with Crippen LogP contribution in [-0.4, -0.2) is 32.9 Å². The maximum Gasteiger partial charge on any atom is 0.475 e. The van der Waals surface area contributed by atoms with E-state index in [9.17, 15) is 9.36 Å². The van der Waals surface area contributed by atoms with Crippen LogP contribution in [0, 0.1) is 0 Å². The summed E-state index contributed by atoms with van der Waals surface area (Å²) in [5.41, 5.74) is -1.38. The third-order valence-corrected chi connectivity index (χ3v) is 3.04. The van der Waals surface area contributed by atoms with Gasteiger partial charge in [0, 0.05) is 14.2 Å². The van der Waals surface area contributed by atoms with Gasteiger partial charge in [0.1, 0.15) is 0 Å². The maximum atomic E-state index is 11.5. The molecular formula is C7H15O6P. The predicted molar refractivity (Wildman–Crippen MR) is 48.8 cm³/mol. The molecule has 0 atom stereocenters. The molecule has 0 radical (unpaired) electrons. The van der Waals surface area contributed by atoms with E-state index < -0.39 is 19.4 Å². The topological polar surface area (TPSA) is 71.1 Å². The highest BCUT2D eigenvalue weighted by Crippen LogP contribution is 2.51. The zero-order valence-electron chi connectivity index (χ0n) is 8.90. The highest BCUT2D eigenvalue weighted by Gasteiger charge is 2.39. The van der Waals surface area contributed by atoms with Crippen molar-refractivity contribution in [2.45, 2.75) is 19.4 Å². The quantitative estimate of drug-likeness (QED) is 0.520. The van der Waals surface area contributed by atoms with Gasteiger partial charge in [-0.15, -0.1) is 0 Å². The van der Waals surface area contributed by atoms with E-state index in [0.717, 1.165) is 14.2 Å². The summed E-state index contributed by atoms with van der Waals surface area (Å²) in [5, 5.41) is 0. The number of rotatable bonds is 5. The first-order valence-corrected chi connectivity index (χ1v) is 5.28. The van der Waals surface area contributed by atoms with Crippen LogP contribution in [0.1, 0.15) is 13.8 Å². The number of hydrogen-bond acceptors (Lipinski definition) is 6. The minimum Gasteiger partial charge on any atom is -0.467 e. The summed E-state index contributed by atoms with van der Waals surface area (Å²) in [5.74, 6) is -0.660. The van der Waals surface area contributed by atoms with Gasteiger partial charge < -0.3 is 4.74 Å². The summed E-state index contributed by atoms with van der Waals surface area (Å²) < 4.78 is 29.9. The Labute approximate surface area is 83.1 Å². The van der Waals surface area contributed by atoms with Gasteiger partial charge in [0.2, 0.25) is 0 Å². The fourth-order valence-corrected chi connectivity index (χ4v) is 1.64. The highest BCUT2D eigenvalue weighted by molar-refractivity contribution is 7.48. The van der Waals surface area contributed by atoms with Crippen molar-refractivity contribution in [2.75, 3.05) is 21.3 Å². The van der Waals surface area contributed by atoms with E-state index in [1.165, 1.54) is 21.0 Å². The lowest BCUT2D eigenvalue weighted by molar-refractivity contribution is -0.157. The van der Waals surface area contributed by atoms with Crippen LogP contribution in [0.5, 0.6) is 0 Å². The summed E-state index contributed by atoms with van der Waals surface area (Å²) in [6.07, 6.45) is 0. The molecule has 6 nitrogen and oxygen atoms in total. The Bertz CT molecular complexity index is 241. The first kappa shape index (κ1) is 13.6. The third kappa shape index (κ3) is 3.38. The van der Waals surface area contributed by atoms with Gasteiger partial charge in [0.05, 0.1) is 7.11 Å². The summed E-state index contributed by atoms with van der Waals surface area (Å²) in [6.45, 7) is 2.81. The Morgan fingerprint density at radius 3 is 1.86 bits per heavy atom. The summed E-state index contributed by atoms with van der Waals surface area (Å²) in [4.78, 5) is 11.2. The lowest BCUT2D eigenvalue weighted by Crippen LogP contribution is -2.35. The zero-order valence-corrected chi connectivity index (χ0v) is 9.79. The Hall–Kier alpha value is -0.420. The van der Waals surface area contributed by atoms with E-state index in [1.54, 1.807) is 0 Å². The molecule has 0 heterocycles. The van der Waals surface area contributed by atoms with Crippen LogP contribution < -0.4 is 0 Å². The largest absolute Gasteiger partial charge is 0.475 e. The molecule has 0 amide bonds. The molecule has 0 unspecified atom stereocenters. The van der Waals surface area contributed by atoms with Gasteiger partial charge in [0.25, 0.3) is 0 Å². The van der Waals surface area contributed by atoms with Crippen molar-refractivity contribution in [1.29, 1.82) is 0 Å². The van der Waals surface area contributed by atoms with E-state index in [-0.39, 0.29) is 0 Å². The molecule has 0 N–H and O–H groups in total. The van der Waals surface area contributed by atoms with Crippen molar-refractivity contribution in [2.24, 2.45) is 0 Å². The van der Waals surface area contributed by atoms with E-state index in [2.05, 4.69) is 13.8 Å². The molecule has 7 heteroatoms. The molecule has 0 saturated heterocycles. The second kappa shape index (κ2) is 4.89. The van der Waals surface area contributed by atoms with Gasteiger partial charge in [0.15, 0.2) is 5.60 Å². The van der Waals surface area contributed by atoms with E-state index in [0.29, 0.717) is 0 Å². The lowest BCUT2D eigenvalue weighted by atomic mass is 10.1. The Balaban J connectivity index is 4.64. The fourth-order valence-electron chi connectivity index (χ4n) is 0.712. The number of ether oxygens (including phenoxy) is 1. The number of carbonyl (C=O) groups is 1.